The third kappa shape index (κ3) is 4.43. The predicted octanol–water partition coefficient (Wildman–Crippen LogP) is 2.80. The minimum Gasteiger partial charge on any atom is -0.456 e. The Morgan fingerprint density at radius 2 is 2.04 bits per heavy atom. The van der Waals surface area contributed by atoms with E-state index < -0.39 is 23.8 Å². The van der Waals surface area contributed by atoms with E-state index in [1.807, 2.05) is 0 Å². The number of hydrogen-bond acceptors (Lipinski definition) is 7. The van der Waals surface area contributed by atoms with Gasteiger partial charge in [0.1, 0.15) is 23.6 Å². The van der Waals surface area contributed by atoms with E-state index in [9.17, 15) is 14.5 Å². The Labute approximate surface area is 145 Å². The SMILES string of the molecule is CO[N+](=O)c1cnc2c(c1)N(C(=O)OC(C)(C)C)CCC2OC(C)=O. The summed E-state index contributed by atoms with van der Waals surface area (Å²) in [6.45, 7) is 6.85. The maximum Gasteiger partial charge on any atom is 0.414 e. The lowest BCUT2D eigenvalue weighted by Gasteiger charge is -2.33. The van der Waals surface area contributed by atoms with E-state index in [1.54, 1.807) is 20.8 Å². The van der Waals surface area contributed by atoms with Crippen molar-refractivity contribution in [2.45, 2.75) is 45.8 Å². The van der Waals surface area contributed by atoms with Crippen LogP contribution in [0.1, 0.15) is 45.9 Å². The molecule has 2 heterocycles. The van der Waals surface area contributed by atoms with E-state index in [0.29, 0.717) is 17.8 Å². The first-order valence-electron chi connectivity index (χ1n) is 7.81. The normalized spacial score (nSPS) is 16.7. The lowest BCUT2D eigenvalue weighted by atomic mass is 10.0. The number of carbonyl (C=O) groups excluding carboxylic acids is 2. The molecule has 2 rings (SSSR count). The van der Waals surface area contributed by atoms with E-state index in [-0.39, 0.29) is 17.2 Å². The van der Waals surface area contributed by atoms with Crippen LogP contribution < -0.4 is 4.90 Å². The molecule has 1 aliphatic heterocycles. The van der Waals surface area contributed by atoms with Gasteiger partial charge in [-0.3, -0.25) is 9.69 Å². The van der Waals surface area contributed by atoms with Crippen LogP contribution in [0.5, 0.6) is 0 Å². The Morgan fingerprint density at radius 1 is 1.36 bits per heavy atom. The summed E-state index contributed by atoms with van der Waals surface area (Å²) in [6, 6.07) is 1.46. The highest BCUT2D eigenvalue weighted by Crippen LogP contribution is 2.37. The number of hydrogen-bond donors (Lipinski definition) is 0. The standard InChI is InChI=1S/C16H22N3O6/c1-10(20)24-13-6-7-18(15(21)25-16(2,3)4)12-8-11(19(22)23-5)9-17-14(12)13/h8-9,13H,6-7H2,1-5H3/q+1. The van der Waals surface area contributed by atoms with Gasteiger partial charge in [-0.1, -0.05) is 0 Å². The minimum atomic E-state index is -0.674. The minimum absolute atomic E-state index is 0.110. The highest BCUT2D eigenvalue weighted by Gasteiger charge is 2.36. The molecule has 0 aromatic carbocycles. The molecule has 1 aromatic rings. The number of anilines is 1. The first-order valence-corrected chi connectivity index (χ1v) is 7.81. The zero-order valence-corrected chi connectivity index (χ0v) is 14.9. The van der Waals surface area contributed by atoms with E-state index in [2.05, 4.69) is 9.82 Å². The molecule has 0 bridgehead atoms. The largest absolute Gasteiger partial charge is 0.456 e. The summed E-state index contributed by atoms with van der Waals surface area (Å²) >= 11 is 0. The predicted molar refractivity (Wildman–Crippen MR) is 87.2 cm³/mol. The van der Waals surface area contributed by atoms with Gasteiger partial charge < -0.3 is 9.47 Å². The molecule has 0 N–H and O–H groups in total. The van der Waals surface area contributed by atoms with Crippen molar-refractivity contribution in [1.29, 1.82) is 0 Å². The van der Waals surface area contributed by atoms with Crippen LogP contribution in [0, 0.1) is 4.91 Å². The average molecular weight is 352 g/mol. The molecule has 0 saturated carbocycles. The molecule has 1 aromatic heterocycles. The lowest BCUT2D eigenvalue weighted by Crippen LogP contribution is -2.41. The first kappa shape index (κ1) is 18.6. The van der Waals surface area contributed by atoms with Gasteiger partial charge in [0.2, 0.25) is 0 Å². The van der Waals surface area contributed by atoms with Crippen LogP contribution >= 0.6 is 0 Å². The quantitative estimate of drug-likeness (QED) is 0.609. The van der Waals surface area contributed by atoms with Crippen LogP contribution in [0.2, 0.25) is 0 Å². The van der Waals surface area contributed by atoms with Gasteiger partial charge in [0.05, 0.1) is 10.6 Å². The van der Waals surface area contributed by atoms with Gasteiger partial charge in [-0.15, -0.1) is 0 Å². The Morgan fingerprint density at radius 3 is 2.60 bits per heavy atom. The van der Waals surface area contributed by atoms with Gasteiger partial charge in [-0.25, -0.2) is 14.6 Å². The molecule has 0 spiro atoms. The van der Waals surface area contributed by atoms with E-state index >= 15 is 0 Å². The monoisotopic (exact) mass is 352 g/mol. The summed E-state index contributed by atoms with van der Waals surface area (Å²) < 4.78 is 10.7. The second-order valence-electron chi connectivity index (χ2n) is 6.56. The van der Waals surface area contributed by atoms with E-state index in [1.165, 1.54) is 31.2 Å². The summed E-state index contributed by atoms with van der Waals surface area (Å²) in [6.07, 6.45) is 0.514. The highest BCUT2D eigenvalue weighted by atomic mass is 16.8. The van der Waals surface area contributed by atoms with Crippen LogP contribution in [-0.2, 0) is 19.1 Å². The molecule has 9 heteroatoms. The second kappa shape index (κ2) is 7.04. The summed E-state index contributed by atoms with van der Waals surface area (Å²) in [5.74, 6) is -0.449. The van der Waals surface area contributed by atoms with Gasteiger partial charge in [0, 0.05) is 26.0 Å². The first-order chi connectivity index (χ1) is 11.6. The highest BCUT2D eigenvalue weighted by molar-refractivity contribution is 5.89. The van der Waals surface area contributed by atoms with Gasteiger partial charge in [-0.2, -0.15) is 0 Å². The topological polar surface area (TPSA) is 98.0 Å². The zero-order chi connectivity index (χ0) is 18.8. The molecule has 0 saturated heterocycles. The number of nitrogens with zero attached hydrogens (tertiary/aromatic N) is 3. The maximum absolute atomic E-state index is 12.5. The van der Waals surface area contributed by atoms with E-state index in [4.69, 9.17) is 9.47 Å². The van der Waals surface area contributed by atoms with Crippen molar-refractivity contribution >= 4 is 23.4 Å². The number of rotatable bonds is 3. The van der Waals surface area contributed by atoms with Gasteiger partial charge in [0.25, 0.3) is 4.92 Å². The molecule has 0 fully saturated rings. The average Bonchev–Trinajstić information content (AvgIpc) is 2.51. The van der Waals surface area contributed by atoms with Crippen LogP contribution in [0.15, 0.2) is 12.3 Å². The number of pyridine rings is 1. The van der Waals surface area contributed by atoms with Crippen molar-refractivity contribution in [3.05, 3.63) is 22.9 Å². The number of esters is 1. The van der Waals surface area contributed by atoms with Crippen molar-refractivity contribution in [3.63, 3.8) is 0 Å². The fourth-order valence-electron chi connectivity index (χ4n) is 2.45. The molecule has 25 heavy (non-hydrogen) atoms. The zero-order valence-electron chi connectivity index (χ0n) is 14.9. The Bertz CT molecular complexity index is 698. The van der Waals surface area contributed by atoms with Crippen molar-refractivity contribution in [1.82, 2.24) is 4.98 Å². The smallest absolute Gasteiger partial charge is 0.414 e. The summed E-state index contributed by atoms with van der Waals surface area (Å²) in [7, 11) is 1.22. The van der Waals surface area contributed by atoms with Crippen LogP contribution in [0.25, 0.3) is 0 Å². The van der Waals surface area contributed by atoms with E-state index in [0.717, 1.165) is 0 Å². The summed E-state index contributed by atoms with van der Waals surface area (Å²) in [5, 5.41) is 0. The van der Waals surface area contributed by atoms with Crippen molar-refractivity contribution in [2.24, 2.45) is 0 Å². The molecule has 9 nitrogen and oxygen atoms in total. The maximum atomic E-state index is 12.5. The molecular formula is C16H22N3O6+. The molecule has 0 aliphatic carbocycles. The number of ether oxygens (including phenoxy) is 2. The second-order valence-corrected chi connectivity index (χ2v) is 6.56. The molecule has 1 aliphatic rings. The number of carbonyl (C=O) groups is 2. The number of fused-ring (bicyclic) bond motifs is 1. The van der Waals surface area contributed by atoms with Crippen molar-refractivity contribution < 1.29 is 28.8 Å². The van der Waals surface area contributed by atoms with Crippen LogP contribution in [0.3, 0.4) is 0 Å². The van der Waals surface area contributed by atoms with Gasteiger partial charge >= 0.3 is 17.7 Å². The fraction of sp³-hybridized carbons (Fsp3) is 0.562. The Balaban J connectivity index is 2.43. The van der Waals surface area contributed by atoms with Crippen molar-refractivity contribution in [2.75, 3.05) is 18.6 Å². The summed E-state index contributed by atoms with van der Waals surface area (Å²) in [5.41, 5.74) is 0.174. The summed E-state index contributed by atoms with van der Waals surface area (Å²) in [4.78, 5) is 46.0. The Hall–Kier alpha value is -2.71. The molecule has 1 amide bonds. The molecule has 1 atom stereocenters. The fourth-order valence-corrected chi connectivity index (χ4v) is 2.45. The van der Waals surface area contributed by atoms with Crippen LogP contribution in [0.4, 0.5) is 16.2 Å². The Kier molecular flexibility index (Phi) is 5.24. The van der Waals surface area contributed by atoms with Gasteiger partial charge in [-0.05, 0) is 20.8 Å². The molecular weight excluding hydrogens is 330 g/mol. The number of aromatic nitrogens is 1. The third-order valence-corrected chi connectivity index (χ3v) is 3.39. The van der Waals surface area contributed by atoms with Crippen LogP contribution in [-0.4, -0.2) is 41.2 Å². The lowest BCUT2D eigenvalue weighted by molar-refractivity contribution is -0.736. The van der Waals surface area contributed by atoms with Crippen molar-refractivity contribution in [3.8, 4) is 0 Å². The van der Waals surface area contributed by atoms with Gasteiger partial charge in [0.15, 0.2) is 7.11 Å². The molecule has 136 valence electrons. The molecule has 1 unspecified atom stereocenters. The third-order valence-electron chi connectivity index (χ3n) is 3.39. The molecule has 0 radical (unpaired) electrons. The number of amides is 1.